The van der Waals surface area contributed by atoms with Crippen molar-refractivity contribution in [3.05, 3.63) is 36.2 Å². The van der Waals surface area contributed by atoms with Crippen molar-refractivity contribution >= 4 is 0 Å². The van der Waals surface area contributed by atoms with Crippen molar-refractivity contribution in [2.24, 2.45) is 5.73 Å². The Morgan fingerprint density at radius 2 is 2.17 bits per heavy atom. The molecule has 18 heavy (non-hydrogen) atoms. The Hall–Kier alpha value is -1.72. The first-order valence-corrected chi connectivity index (χ1v) is 6.17. The molecule has 0 radical (unpaired) electrons. The summed E-state index contributed by atoms with van der Waals surface area (Å²) >= 11 is 0. The molecule has 0 saturated carbocycles. The van der Waals surface area contributed by atoms with Gasteiger partial charge in [-0.25, -0.2) is 0 Å². The fourth-order valence-electron chi connectivity index (χ4n) is 2.22. The fraction of sp³-hybridized carbons (Fsp3) is 0.385. The maximum Gasteiger partial charge on any atom is 0.257 e. The van der Waals surface area contributed by atoms with E-state index in [1.54, 1.807) is 0 Å². The summed E-state index contributed by atoms with van der Waals surface area (Å²) < 4.78 is 5.27. The first-order chi connectivity index (χ1) is 8.81. The van der Waals surface area contributed by atoms with E-state index >= 15 is 0 Å². The predicted octanol–water partition coefficient (Wildman–Crippen LogP) is 1.27. The van der Waals surface area contributed by atoms with E-state index in [1.165, 1.54) is 0 Å². The van der Waals surface area contributed by atoms with E-state index in [-0.39, 0.29) is 6.04 Å². The van der Waals surface area contributed by atoms with Crippen LogP contribution < -0.4 is 5.73 Å². The zero-order valence-electron chi connectivity index (χ0n) is 10.1. The zero-order valence-corrected chi connectivity index (χ0v) is 10.1. The molecular weight excluding hydrogens is 228 g/mol. The molecule has 0 aliphatic carbocycles. The Morgan fingerprint density at radius 1 is 1.33 bits per heavy atom. The first kappa shape index (κ1) is 11.4. The summed E-state index contributed by atoms with van der Waals surface area (Å²) in [5.74, 6) is 1.30. The van der Waals surface area contributed by atoms with Gasteiger partial charge in [-0.2, -0.15) is 4.98 Å². The van der Waals surface area contributed by atoms with Crippen LogP contribution in [-0.4, -0.2) is 34.2 Å². The number of rotatable bonds is 3. The van der Waals surface area contributed by atoms with E-state index < -0.39 is 0 Å². The fourth-order valence-corrected chi connectivity index (χ4v) is 2.22. The lowest BCUT2D eigenvalue weighted by atomic mass is 10.2. The Morgan fingerprint density at radius 3 is 2.89 bits per heavy atom. The van der Waals surface area contributed by atoms with Crippen molar-refractivity contribution in [2.75, 3.05) is 13.1 Å². The molecule has 3 rings (SSSR count). The SMILES string of the molecule is N[C@@H]1CCN(Cc2noc(-c3ccccc3)n2)C1. The predicted molar refractivity (Wildman–Crippen MR) is 67.6 cm³/mol. The van der Waals surface area contributed by atoms with Crippen LogP contribution in [0.3, 0.4) is 0 Å². The summed E-state index contributed by atoms with van der Waals surface area (Å²) in [5.41, 5.74) is 6.82. The normalized spacial score (nSPS) is 20.4. The van der Waals surface area contributed by atoms with Gasteiger partial charge in [-0.3, -0.25) is 4.90 Å². The second-order valence-corrected chi connectivity index (χ2v) is 4.67. The Kier molecular flexibility index (Phi) is 3.08. The summed E-state index contributed by atoms with van der Waals surface area (Å²) in [6, 6.07) is 10.1. The third kappa shape index (κ3) is 2.42. The highest BCUT2D eigenvalue weighted by Gasteiger charge is 2.20. The lowest BCUT2D eigenvalue weighted by Crippen LogP contribution is -2.26. The molecule has 1 aromatic carbocycles. The molecule has 2 N–H and O–H groups in total. The summed E-state index contributed by atoms with van der Waals surface area (Å²) in [5, 5.41) is 4.01. The molecule has 0 bridgehead atoms. The highest BCUT2D eigenvalue weighted by Crippen LogP contribution is 2.17. The van der Waals surface area contributed by atoms with E-state index in [1.807, 2.05) is 30.3 Å². The Balaban J connectivity index is 1.70. The van der Waals surface area contributed by atoms with Gasteiger partial charge in [0.15, 0.2) is 5.82 Å². The van der Waals surface area contributed by atoms with E-state index in [9.17, 15) is 0 Å². The third-order valence-electron chi connectivity index (χ3n) is 3.16. The quantitative estimate of drug-likeness (QED) is 0.880. The monoisotopic (exact) mass is 244 g/mol. The number of hydrogen-bond acceptors (Lipinski definition) is 5. The molecule has 0 spiro atoms. The average Bonchev–Trinajstić information content (AvgIpc) is 3.01. The molecule has 1 atom stereocenters. The molecule has 94 valence electrons. The molecular formula is C13H16N4O. The van der Waals surface area contributed by atoms with Crippen molar-refractivity contribution in [2.45, 2.75) is 19.0 Å². The molecule has 5 nitrogen and oxygen atoms in total. The Labute approximate surface area is 106 Å². The van der Waals surface area contributed by atoms with Gasteiger partial charge in [-0.15, -0.1) is 0 Å². The van der Waals surface area contributed by atoms with Crippen LogP contribution >= 0.6 is 0 Å². The summed E-state index contributed by atoms with van der Waals surface area (Å²) in [6.07, 6.45) is 1.05. The number of aromatic nitrogens is 2. The number of likely N-dealkylation sites (tertiary alicyclic amines) is 1. The molecule has 0 unspecified atom stereocenters. The first-order valence-electron chi connectivity index (χ1n) is 6.17. The van der Waals surface area contributed by atoms with Crippen molar-refractivity contribution in [3.63, 3.8) is 0 Å². The number of nitrogens with two attached hydrogens (primary N) is 1. The van der Waals surface area contributed by atoms with Gasteiger partial charge >= 0.3 is 0 Å². The summed E-state index contributed by atoms with van der Waals surface area (Å²) in [6.45, 7) is 2.63. The lowest BCUT2D eigenvalue weighted by Gasteiger charge is -2.11. The van der Waals surface area contributed by atoms with Gasteiger partial charge in [0.1, 0.15) is 0 Å². The molecule has 1 saturated heterocycles. The lowest BCUT2D eigenvalue weighted by molar-refractivity contribution is 0.309. The molecule has 1 aliphatic heterocycles. The molecule has 2 aromatic rings. The largest absolute Gasteiger partial charge is 0.334 e. The topological polar surface area (TPSA) is 68.2 Å². The molecule has 1 aromatic heterocycles. The highest BCUT2D eigenvalue weighted by molar-refractivity contribution is 5.51. The van der Waals surface area contributed by atoms with Gasteiger partial charge in [0, 0.05) is 24.7 Å². The molecule has 1 aliphatic rings. The minimum atomic E-state index is 0.283. The molecule has 1 fully saturated rings. The smallest absolute Gasteiger partial charge is 0.257 e. The number of hydrogen-bond donors (Lipinski definition) is 1. The number of nitrogens with zero attached hydrogens (tertiary/aromatic N) is 3. The van der Waals surface area contributed by atoms with Gasteiger partial charge in [0.05, 0.1) is 6.54 Å². The second-order valence-electron chi connectivity index (χ2n) is 4.67. The second kappa shape index (κ2) is 4.88. The van der Waals surface area contributed by atoms with E-state index in [0.717, 1.165) is 30.9 Å². The van der Waals surface area contributed by atoms with Crippen LogP contribution in [0.4, 0.5) is 0 Å². The van der Waals surface area contributed by atoms with Gasteiger partial charge in [0.25, 0.3) is 5.89 Å². The van der Waals surface area contributed by atoms with Crippen LogP contribution in [0.25, 0.3) is 11.5 Å². The van der Waals surface area contributed by atoms with Crippen LogP contribution in [0.15, 0.2) is 34.9 Å². The zero-order chi connectivity index (χ0) is 12.4. The van der Waals surface area contributed by atoms with Gasteiger partial charge < -0.3 is 10.3 Å². The van der Waals surface area contributed by atoms with E-state index in [2.05, 4.69) is 15.0 Å². The maximum atomic E-state index is 5.87. The Bertz CT molecular complexity index is 511. The van der Waals surface area contributed by atoms with Crippen molar-refractivity contribution < 1.29 is 4.52 Å². The van der Waals surface area contributed by atoms with Crippen molar-refractivity contribution in [1.29, 1.82) is 0 Å². The summed E-state index contributed by atoms with van der Waals surface area (Å²) in [7, 11) is 0. The van der Waals surface area contributed by atoms with Crippen LogP contribution in [0.1, 0.15) is 12.2 Å². The van der Waals surface area contributed by atoms with E-state index in [0.29, 0.717) is 12.4 Å². The van der Waals surface area contributed by atoms with Gasteiger partial charge in [0.2, 0.25) is 0 Å². The summed E-state index contributed by atoms with van der Waals surface area (Å²) in [4.78, 5) is 6.66. The standard InChI is InChI=1S/C13H16N4O/c14-11-6-7-17(8-11)9-12-15-13(18-16-12)10-4-2-1-3-5-10/h1-5,11H,6-9,14H2/t11-/m1/s1. The van der Waals surface area contributed by atoms with Crippen molar-refractivity contribution in [3.8, 4) is 11.5 Å². The van der Waals surface area contributed by atoms with Crippen LogP contribution in [-0.2, 0) is 6.54 Å². The van der Waals surface area contributed by atoms with Crippen molar-refractivity contribution in [1.82, 2.24) is 15.0 Å². The van der Waals surface area contributed by atoms with Gasteiger partial charge in [-0.05, 0) is 18.6 Å². The molecule has 0 amide bonds. The maximum absolute atomic E-state index is 5.87. The highest BCUT2D eigenvalue weighted by atomic mass is 16.5. The number of benzene rings is 1. The van der Waals surface area contributed by atoms with Gasteiger partial charge in [-0.1, -0.05) is 23.4 Å². The minimum Gasteiger partial charge on any atom is -0.334 e. The third-order valence-corrected chi connectivity index (χ3v) is 3.16. The average molecular weight is 244 g/mol. The van der Waals surface area contributed by atoms with Crippen LogP contribution in [0.2, 0.25) is 0 Å². The minimum absolute atomic E-state index is 0.283. The van der Waals surface area contributed by atoms with Crippen LogP contribution in [0.5, 0.6) is 0 Å². The van der Waals surface area contributed by atoms with E-state index in [4.69, 9.17) is 10.3 Å². The van der Waals surface area contributed by atoms with Crippen LogP contribution in [0, 0.1) is 0 Å². The molecule has 5 heteroatoms. The molecule has 2 heterocycles.